The van der Waals surface area contributed by atoms with Gasteiger partial charge in [-0.2, -0.15) is 0 Å². The number of phosphoric acid groups is 2. The summed E-state index contributed by atoms with van der Waals surface area (Å²) in [6.07, 6.45) is 80.6. The molecular weight excluding hydrogens is 1270 g/mol. The Morgan fingerprint density at radius 1 is 0.289 bits per heavy atom. The zero-order chi connectivity index (χ0) is 70.9. The summed E-state index contributed by atoms with van der Waals surface area (Å²) in [5.74, 6) is -1.57. The van der Waals surface area contributed by atoms with Crippen LogP contribution in [0.25, 0.3) is 0 Å². The van der Waals surface area contributed by atoms with Gasteiger partial charge in [-0.25, -0.2) is 9.13 Å². The topological polar surface area (TPSA) is 231 Å². The Morgan fingerprint density at radius 2 is 0.515 bits per heavy atom. The Balaban J connectivity index is 4.47. The van der Waals surface area contributed by atoms with Gasteiger partial charge in [-0.15, -0.1) is 0 Å². The average molecular weight is 1410 g/mol. The van der Waals surface area contributed by atoms with Crippen molar-refractivity contribution in [1.29, 1.82) is 0 Å². The van der Waals surface area contributed by atoms with Crippen molar-refractivity contribution in [3.63, 3.8) is 0 Å². The van der Waals surface area contributed by atoms with Crippen LogP contribution in [0.4, 0.5) is 0 Å². The highest BCUT2D eigenvalue weighted by molar-refractivity contribution is 7.47. The minimum atomic E-state index is -4.92. The lowest BCUT2D eigenvalue weighted by molar-refractivity contribution is -0.161. The smallest absolute Gasteiger partial charge is 0.463 e. The predicted octanol–water partition coefficient (Wildman–Crippen LogP) is 22.4. The molecule has 0 fully saturated rings. The summed E-state index contributed by atoms with van der Waals surface area (Å²) < 4.78 is 61.1. The molecule has 0 saturated heterocycles. The van der Waals surface area contributed by atoms with E-state index in [-0.39, 0.29) is 19.3 Å². The van der Waals surface area contributed by atoms with Crippen molar-refractivity contribution in [3.8, 4) is 0 Å². The molecule has 0 saturated carbocycles. The maximum Gasteiger partial charge on any atom is 0.472 e. The van der Waals surface area contributed by atoms with E-state index < -0.39 is 91.5 Å². The van der Waals surface area contributed by atoms with Gasteiger partial charge in [0.05, 0.1) is 26.4 Å². The summed E-state index contributed by atoms with van der Waals surface area (Å²) in [7, 11) is -9.78. The van der Waals surface area contributed by atoms with Crippen LogP contribution in [-0.4, -0.2) is 95.9 Å². The van der Waals surface area contributed by atoms with Crippen LogP contribution < -0.4 is 0 Å². The van der Waals surface area contributed by atoms with Crippen LogP contribution in [0, 0.1) is 0 Å². The van der Waals surface area contributed by atoms with Gasteiger partial charge in [0.15, 0.2) is 6.10 Å². The number of aliphatic hydroxyl groups excluding tert-OH is 2. The number of phosphoric ester groups is 2. The fraction of sp³-hybridized carbons (Fsp3) is 0.785. The Hall–Kier alpha value is -3.27. The van der Waals surface area contributed by atoms with Crippen LogP contribution in [0.1, 0.15) is 342 Å². The molecule has 0 aliphatic carbocycles. The summed E-state index contributed by atoms with van der Waals surface area (Å²) in [4.78, 5) is 58.5. The van der Waals surface area contributed by atoms with E-state index in [2.05, 4.69) is 106 Å². The number of unbranched alkanes of at least 4 members (excludes halogenated alkanes) is 37. The van der Waals surface area contributed by atoms with E-state index in [4.69, 9.17) is 32.3 Å². The van der Waals surface area contributed by atoms with E-state index in [0.29, 0.717) is 19.3 Å². The van der Waals surface area contributed by atoms with Crippen molar-refractivity contribution >= 4 is 33.6 Å². The normalized spacial score (nSPS) is 14.5. The van der Waals surface area contributed by atoms with Crippen molar-refractivity contribution in [2.24, 2.45) is 0 Å². The van der Waals surface area contributed by atoms with Crippen molar-refractivity contribution in [3.05, 3.63) is 85.1 Å². The van der Waals surface area contributed by atoms with Crippen LogP contribution in [-0.2, 0) is 55.8 Å². The van der Waals surface area contributed by atoms with Gasteiger partial charge >= 0.3 is 33.6 Å². The maximum absolute atomic E-state index is 12.9. The summed E-state index contributed by atoms with van der Waals surface area (Å²) in [6.45, 7) is 2.65. The van der Waals surface area contributed by atoms with E-state index in [1.807, 2.05) is 0 Å². The molecule has 5 unspecified atom stereocenters. The molecule has 0 aromatic rings. The van der Waals surface area contributed by atoms with Gasteiger partial charge in [0.2, 0.25) is 0 Å². The first kappa shape index (κ1) is 93.7. The molecule has 97 heavy (non-hydrogen) atoms. The third-order valence-corrected chi connectivity index (χ3v) is 18.5. The Labute approximate surface area is 591 Å². The molecule has 0 bridgehead atoms. The van der Waals surface area contributed by atoms with Crippen LogP contribution in [0.5, 0.6) is 0 Å². The van der Waals surface area contributed by atoms with Crippen molar-refractivity contribution in [2.45, 2.75) is 360 Å². The van der Waals surface area contributed by atoms with Crippen LogP contribution in [0.15, 0.2) is 85.1 Å². The fourth-order valence-electron chi connectivity index (χ4n) is 10.6. The van der Waals surface area contributed by atoms with Crippen LogP contribution >= 0.6 is 15.6 Å². The van der Waals surface area contributed by atoms with Crippen LogP contribution in [0.2, 0.25) is 0 Å². The monoisotopic (exact) mass is 1410 g/mol. The number of carbonyl (C=O) groups excluding carboxylic acids is 3. The predicted molar refractivity (Wildman–Crippen MR) is 399 cm³/mol. The van der Waals surface area contributed by atoms with E-state index in [1.165, 1.54) is 154 Å². The molecule has 0 amide bonds. The number of allylic oxidation sites excluding steroid dienone is 14. The molecule has 564 valence electrons. The average Bonchev–Trinajstić information content (AvgIpc) is 1.64. The standard InChI is InChI=1S/C79H142O16P2/c1-4-7-10-13-16-19-22-25-27-29-31-32-33-34-35-36-37-38-39-40-42-44-45-48-50-53-56-59-62-65-77(82)89-68-74(80)69-91-96(85,86)92-70-75(81)71-93-97(87,88)94-73-76(95-79(84)67-64-61-58-55-52-47-24-21-18-15-12-9-6-3)72-90-78(83)66-63-60-57-54-51-49-46-43-41-30-28-26-23-20-17-14-11-8-5-2/h16-17,19-20,25-28,31-32,34-35,41,43,74-76,80-81H,4-15,18,21-24,29-30,33,36-40,42,44-73H2,1-3H3,(H,85,86)(H,87,88)/b19-16-,20-17-,27-25-,28-26-,32-31-,35-34-,43-41-. The van der Waals surface area contributed by atoms with Crippen molar-refractivity contribution < 1.29 is 75.8 Å². The summed E-state index contributed by atoms with van der Waals surface area (Å²) in [5, 5.41) is 20.6. The van der Waals surface area contributed by atoms with Gasteiger partial charge in [-0.1, -0.05) is 305 Å². The zero-order valence-electron chi connectivity index (χ0n) is 61.5. The highest BCUT2D eigenvalue weighted by Crippen LogP contribution is 2.45. The third-order valence-electron chi connectivity index (χ3n) is 16.6. The molecule has 0 aliphatic rings. The van der Waals surface area contributed by atoms with Gasteiger partial charge in [0.25, 0.3) is 0 Å². The number of esters is 3. The van der Waals surface area contributed by atoms with Gasteiger partial charge in [-0.05, 0) is 103 Å². The first-order valence-electron chi connectivity index (χ1n) is 38.9. The molecule has 16 nitrogen and oxygen atoms in total. The SMILES string of the molecule is CCCCC/C=C\C/C=C\C/C=C\C/C=C\CCCCCCCCCCCCCCCC(=O)OCC(O)COP(=O)(O)OCC(O)COP(=O)(O)OCC(COC(=O)CCCCCCCC/C=C\C/C=C\C/C=C\CCCCC)OC(=O)CCCCCCCCCCCCCCC. The number of hydrogen-bond acceptors (Lipinski definition) is 14. The Morgan fingerprint density at radius 3 is 0.835 bits per heavy atom. The van der Waals surface area contributed by atoms with Gasteiger partial charge in [0.1, 0.15) is 25.4 Å². The summed E-state index contributed by atoms with van der Waals surface area (Å²) in [6, 6.07) is 0. The fourth-order valence-corrected chi connectivity index (χ4v) is 12.2. The highest BCUT2D eigenvalue weighted by atomic mass is 31.2. The second-order valence-corrected chi connectivity index (χ2v) is 29.1. The first-order chi connectivity index (χ1) is 47.2. The lowest BCUT2D eigenvalue weighted by Gasteiger charge is -2.21. The molecule has 0 heterocycles. The molecule has 5 atom stereocenters. The van der Waals surface area contributed by atoms with Gasteiger partial charge in [-0.3, -0.25) is 32.5 Å². The van der Waals surface area contributed by atoms with Crippen LogP contribution in [0.3, 0.4) is 0 Å². The van der Waals surface area contributed by atoms with E-state index in [1.54, 1.807) is 0 Å². The van der Waals surface area contributed by atoms with E-state index in [9.17, 15) is 43.5 Å². The summed E-state index contributed by atoms with van der Waals surface area (Å²) in [5.41, 5.74) is 0. The Kier molecular flexibility index (Phi) is 70.1. The molecule has 0 aromatic carbocycles. The lowest BCUT2D eigenvalue weighted by atomic mass is 10.0. The van der Waals surface area contributed by atoms with E-state index >= 15 is 0 Å². The lowest BCUT2D eigenvalue weighted by Crippen LogP contribution is -2.30. The molecule has 0 spiro atoms. The van der Waals surface area contributed by atoms with Gasteiger partial charge in [0, 0.05) is 19.3 Å². The van der Waals surface area contributed by atoms with Crippen molar-refractivity contribution in [1.82, 2.24) is 0 Å². The zero-order valence-corrected chi connectivity index (χ0v) is 63.3. The molecule has 18 heteroatoms. The number of rotatable bonds is 74. The van der Waals surface area contributed by atoms with E-state index in [0.717, 1.165) is 128 Å². The second kappa shape index (κ2) is 72.5. The third kappa shape index (κ3) is 73.8. The largest absolute Gasteiger partial charge is 0.472 e. The highest BCUT2D eigenvalue weighted by Gasteiger charge is 2.29. The maximum atomic E-state index is 12.9. The number of aliphatic hydroxyl groups is 2. The quantitative estimate of drug-likeness (QED) is 0.0146. The molecular formula is C79H142O16P2. The number of hydrogen-bond donors (Lipinski definition) is 4. The molecule has 4 N–H and O–H groups in total. The molecule has 0 aliphatic heterocycles. The molecule has 0 aromatic heterocycles. The number of carbonyl (C=O) groups is 3. The minimum absolute atomic E-state index is 0.106. The molecule has 0 rings (SSSR count). The Bertz CT molecular complexity index is 2110. The summed E-state index contributed by atoms with van der Waals surface area (Å²) >= 11 is 0. The number of ether oxygens (including phenoxy) is 3. The minimum Gasteiger partial charge on any atom is -0.463 e. The van der Waals surface area contributed by atoms with Gasteiger partial charge < -0.3 is 34.2 Å². The first-order valence-corrected chi connectivity index (χ1v) is 41.9. The molecule has 0 radical (unpaired) electrons. The second-order valence-electron chi connectivity index (χ2n) is 26.2. The van der Waals surface area contributed by atoms with Crippen molar-refractivity contribution in [2.75, 3.05) is 39.6 Å².